The highest BCUT2D eigenvalue weighted by atomic mass is 79.9. The number of hydrogen-bond donors (Lipinski definition) is 0. The molecule has 0 aliphatic heterocycles. The molecule has 0 N–H and O–H groups in total. The zero-order chi connectivity index (χ0) is 23.1. The SMILES string of the molecule is C=C(C)C(=O)OCCN(CC)c1ccc(N=Nc2c(Cl)cc([N+](=O)[O-])cc2Br)c(C)c1. The number of likely N-dealkylation sites (N-methyl/N-ethyl adjacent to an activating group) is 1. The van der Waals surface area contributed by atoms with Crippen molar-refractivity contribution in [3.63, 3.8) is 0 Å². The van der Waals surface area contributed by atoms with E-state index in [1.54, 1.807) is 6.92 Å². The molecule has 0 aliphatic rings. The number of hydrogen-bond acceptors (Lipinski definition) is 7. The Bertz CT molecular complexity index is 1020. The van der Waals surface area contributed by atoms with Crippen LogP contribution >= 0.6 is 27.5 Å². The average molecular weight is 510 g/mol. The Morgan fingerprint density at radius 3 is 2.58 bits per heavy atom. The van der Waals surface area contributed by atoms with E-state index in [0.29, 0.717) is 28.0 Å². The lowest BCUT2D eigenvalue weighted by atomic mass is 10.1. The third-order valence-corrected chi connectivity index (χ3v) is 5.23. The van der Waals surface area contributed by atoms with Gasteiger partial charge in [-0.3, -0.25) is 10.1 Å². The maximum atomic E-state index is 11.5. The highest BCUT2D eigenvalue weighted by molar-refractivity contribution is 9.10. The Balaban J connectivity index is 2.16. The first kappa shape index (κ1) is 24.5. The first-order valence-corrected chi connectivity index (χ1v) is 10.5. The number of azo groups is 1. The summed E-state index contributed by atoms with van der Waals surface area (Å²) in [6, 6.07) is 8.25. The summed E-state index contributed by atoms with van der Waals surface area (Å²) in [6.07, 6.45) is 0. The minimum Gasteiger partial charge on any atom is -0.460 e. The molecule has 0 heterocycles. The highest BCUT2D eigenvalue weighted by Gasteiger charge is 2.14. The van der Waals surface area contributed by atoms with Crippen LogP contribution < -0.4 is 4.90 Å². The Labute approximate surface area is 193 Å². The molecule has 0 spiro atoms. The van der Waals surface area contributed by atoms with Gasteiger partial charge in [0, 0.05) is 29.9 Å². The number of rotatable bonds is 9. The molecule has 8 nitrogen and oxygen atoms in total. The molecule has 0 unspecified atom stereocenters. The molecular weight excluding hydrogens is 488 g/mol. The molecule has 0 aromatic heterocycles. The van der Waals surface area contributed by atoms with Crippen molar-refractivity contribution in [2.45, 2.75) is 20.8 Å². The number of anilines is 1. The summed E-state index contributed by atoms with van der Waals surface area (Å²) in [6.45, 7) is 10.6. The Hall–Kier alpha value is -2.78. The molecule has 0 bridgehead atoms. The van der Waals surface area contributed by atoms with Gasteiger partial charge in [-0.1, -0.05) is 18.2 Å². The molecule has 0 saturated carbocycles. The molecule has 0 atom stereocenters. The van der Waals surface area contributed by atoms with Gasteiger partial charge in [-0.15, -0.1) is 5.11 Å². The van der Waals surface area contributed by atoms with E-state index in [2.05, 4.69) is 37.6 Å². The summed E-state index contributed by atoms with van der Waals surface area (Å²) in [5, 5.41) is 19.5. The first-order valence-electron chi connectivity index (χ1n) is 9.37. The van der Waals surface area contributed by atoms with Gasteiger partial charge in [0.15, 0.2) is 0 Å². The number of nitrogens with zero attached hydrogens (tertiary/aromatic N) is 4. The minimum atomic E-state index is -0.528. The Kier molecular flexibility index (Phi) is 8.70. The topological polar surface area (TPSA) is 97.4 Å². The lowest BCUT2D eigenvalue weighted by molar-refractivity contribution is -0.384. The maximum absolute atomic E-state index is 11.5. The predicted molar refractivity (Wildman–Crippen MR) is 125 cm³/mol. The number of ether oxygens (including phenoxy) is 1. The van der Waals surface area contributed by atoms with Gasteiger partial charge in [-0.2, -0.15) is 5.11 Å². The lowest BCUT2D eigenvalue weighted by Crippen LogP contribution is -2.28. The minimum absolute atomic E-state index is 0.126. The second-order valence-corrected chi connectivity index (χ2v) is 7.94. The molecule has 10 heteroatoms. The number of nitro groups is 1. The van der Waals surface area contributed by atoms with E-state index in [0.717, 1.165) is 17.8 Å². The molecular formula is C21H22BrClN4O4. The molecule has 164 valence electrons. The molecule has 2 rings (SSSR count). The average Bonchev–Trinajstić information content (AvgIpc) is 2.71. The normalized spacial score (nSPS) is 10.9. The van der Waals surface area contributed by atoms with Gasteiger partial charge in [0.05, 0.1) is 26.7 Å². The zero-order valence-corrected chi connectivity index (χ0v) is 19.7. The van der Waals surface area contributed by atoms with Crippen LogP contribution in [-0.2, 0) is 9.53 Å². The van der Waals surface area contributed by atoms with E-state index in [9.17, 15) is 14.9 Å². The van der Waals surface area contributed by atoms with Crippen LogP contribution in [0.4, 0.5) is 22.7 Å². The third kappa shape index (κ3) is 6.60. The van der Waals surface area contributed by atoms with Crippen LogP contribution in [0.25, 0.3) is 0 Å². The summed E-state index contributed by atoms with van der Waals surface area (Å²) < 4.78 is 5.55. The fourth-order valence-electron chi connectivity index (χ4n) is 2.65. The number of carbonyl (C=O) groups excluding carboxylic acids is 1. The number of esters is 1. The van der Waals surface area contributed by atoms with Crippen molar-refractivity contribution in [3.8, 4) is 0 Å². The van der Waals surface area contributed by atoms with Crippen LogP contribution in [0.1, 0.15) is 19.4 Å². The molecule has 0 amide bonds. The van der Waals surface area contributed by atoms with E-state index < -0.39 is 10.9 Å². The summed E-state index contributed by atoms with van der Waals surface area (Å²) >= 11 is 9.38. The van der Waals surface area contributed by atoms with Gasteiger partial charge in [0.2, 0.25) is 0 Å². The molecule has 0 saturated heterocycles. The molecule has 2 aromatic carbocycles. The van der Waals surface area contributed by atoms with Crippen molar-refractivity contribution in [3.05, 3.63) is 67.7 Å². The summed E-state index contributed by atoms with van der Waals surface area (Å²) in [7, 11) is 0. The predicted octanol–water partition coefficient (Wildman–Crippen LogP) is 6.68. The molecule has 0 aliphatic carbocycles. The molecule has 0 radical (unpaired) electrons. The Morgan fingerprint density at radius 2 is 2.03 bits per heavy atom. The van der Waals surface area contributed by atoms with Gasteiger partial charge in [0.1, 0.15) is 12.3 Å². The second kappa shape index (κ2) is 11.0. The number of nitro benzene ring substituents is 1. The van der Waals surface area contributed by atoms with Crippen molar-refractivity contribution in [2.24, 2.45) is 10.2 Å². The maximum Gasteiger partial charge on any atom is 0.333 e. The number of carbonyl (C=O) groups is 1. The third-order valence-electron chi connectivity index (χ3n) is 4.34. The van der Waals surface area contributed by atoms with Crippen molar-refractivity contribution in [2.75, 3.05) is 24.6 Å². The van der Waals surface area contributed by atoms with Crippen LogP contribution in [0, 0.1) is 17.0 Å². The highest BCUT2D eigenvalue weighted by Crippen LogP contribution is 2.38. The summed E-state index contributed by atoms with van der Waals surface area (Å²) in [5.74, 6) is -0.404. The molecule has 2 aromatic rings. The van der Waals surface area contributed by atoms with Crippen LogP contribution in [-0.4, -0.2) is 30.6 Å². The fraction of sp³-hybridized carbons (Fsp3) is 0.286. The van der Waals surface area contributed by atoms with E-state index in [1.165, 1.54) is 12.1 Å². The van der Waals surface area contributed by atoms with Gasteiger partial charge in [-0.05, 0) is 60.5 Å². The van der Waals surface area contributed by atoms with E-state index in [4.69, 9.17) is 16.3 Å². The largest absolute Gasteiger partial charge is 0.460 e. The van der Waals surface area contributed by atoms with Crippen molar-refractivity contribution < 1.29 is 14.5 Å². The monoisotopic (exact) mass is 508 g/mol. The van der Waals surface area contributed by atoms with Crippen LogP contribution in [0.15, 0.2) is 57.2 Å². The molecule has 31 heavy (non-hydrogen) atoms. The van der Waals surface area contributed by atoms with Gasteiger partial charge < -0.3 is 9.64 Å². The van der Waals surface area contributed by atoms with E-state index in [-0.39, 0.29) is 17.3 Å². The number of halogens is 2. The standard InChI is InChI=1S/C21H22BrClN4O4/c1-5-26(8-9-31-21(28)13(2)3)15-6-7-19(14(4)10-15)24-25-20-17(22)11-16(27(29)30)12-18(20)23/h6-7,10-12H,2,5,8-9H2,1,3-4H3. The van der Waals surface area contributed by atoms with Gasteiger partial charge >= 0.3 is 5.97 Å². The molecule has 0 fully saturated rings. The number of non-ortho nitro benzene ring substituents is 1. The Morgan fingerprint density at radius 1 is 1.32 bits per heavy atom. The second-order valence-electron chi connectivity index (χ2n) is 6.68. The quantitative estimate of drug-likeness (QED) is 0.123. The van der Waals surface area contributed by atoms with E-state index >= 15 is 0 Å². The van der Waals surface area contributed by atoms with Crippen molar-refractivity contribution >= 4 is 56.2 Å². The van der Waals surface area contributed by atoms with Gasteiger partial charge in [0.25, 0.3) is 5.69 Å². The van der Waals surface area contributed by atoms with Crippen molar-refractivity contribution in [1.82, 2.24) is 0 Å². The van der Waals surface area contributed by atoms with Crippen molar-refractivity contribution in [1.29, 1.82) is 0 Å². The first-order chi connectivity index (χ1) is 14.6. The lowest BCUT2D eigenvalue weighted by Gasteiger charge is -2.23. The zero-order valence-electron chi connectivity index (χ0n) is 17.4. The fourth-order valence-corrected chi connectivity index (χ4v) is 3.54. The summed E-state index contributed by atoms with van der Waals surface area (Å²) in [4.78, 5) is 24.0. The number of benzene rings is 2. The summed E-state index contributed by atoms with van der Waals surface area (Å²) in [5.41, 5.74) is 3.02. The number of aryl methyl sites for hydroxylation is 1. The van der Waals surface area contributed by atoms with Crippen LogP contribution in [0.5, 0.6) is 0 Å². The van der Waals surface area contributed by atoms with E-state index in [1.807, 2.05) is 32.0 Å². The van der Waals surface area contributed by atoms with Crippen LogP contribution in [0.2, 0.25) is 5.02 Å². The smallest absolute Gasteiger partial charge is 0.333 e. The van der Waals surface area contributed by atoms with Crippen LogP contribution in [0.3, 0.4) is 0 Å². The van der Waals surface area contributed by atoms with Gasteiger partial charge in [-0.25, -0.2) is 4.79 Å².